The zero-order chi connectivity index (χ0) is 14.7. The monoisotopic (exact) mass is 295 g/mol. The Kier molecular flexibility index (Phi) is 4.49. The second kappa shape index (κ2) is 6.13. The summed E-state index contributed by atoms with van der Waals surface area (Å²) in [5, 5.41) is 4.62. The van der Waals surface area contributed by atoms with Crippen molar-refractivity contribution in [1.29, 1.82) is 0 Å². The Bertz CT molecular complexity index is 584. The van der Waals surface area contributed by atoms with Gasteiger partial charge in [-0.15, -0.1) is 0 Å². The first-order chi connectivity index (χ1) is 9.51. The van der Waals surface area contributed by atoms with Crippen molar-refractivity contribution in [2.24, 2.45) is 0 Å². The summed E-state index contributed by atoms with van der Waals surface area (Å²) < 4.78 is 10.6. The van der Waals surface area contributed by atoms with Crippen LogP contribution in [0.4, 0.5) is 6.01 Å². The van der Waals surface area contributed by atoms with Gasteiger partial charge >= 0.3 is 6.01 Å². The standard InChI is InChI=1S/C14H18ClN3O2/c1-9(2)13-16-14(20-17-13)18(3)8-10-7-11(15)5-6-12(10)19-4/h5-7,9H,8H2,1-4H3. The van der Waals surface area contributed by atoms with Crippen molar-refractivity contribution in [1.82, 2.24) is 10.1 Å². The van der Waals surface area contributed by atoms with Crippen LogP contribution in [0.3, 0.4) is 0 Å². The Balaban J connectivity index is 2.18. The molecular formula is C14H18ClN3O2. The molecule has 6 heteroatoms. The van der Waals surface area contributed by atoms with E-state index < -0.39 is 0 Å². The summed E-state index contributed by atoms with van der Waals surface area (Å²) in [6.07, 6.45) is 0. The van der Waals surface area contributed by atoms with Crippen LogP contribution in [0.25, 0.3) is 0 Å². The van der Waals surface area contributed by atoms with Crippen LogP contribution in [-0.2, 0) is 6.54 Å². The van der Waals surface area contributed by atoms with E-state index in [9.17, 15) is 0 Å². The topological polar surface area (TPSA) is 51.4 Å². The number of hydrogen-bond acceptors (Lipinski definition) is 5. The Labute approximate surface area is 123 Å². The van der Waals surface area contributed by atoms with Crippen molar-refractivity contribution in [2.75, 3.05) is 19.1 Å². The van der Waals surface area contributed by atoms with E-state index in [0.29, 0.717) is 23.4 Å². The van der Waals surface area contributed by atoms with E-state index in [1.54, 1.807) is 13.2 Å². The molecule has 0 aliphatic carbocycles. The largest absolute Gasteiger partial charge is 0.496 e. The number of methoxy groups -OCH3 is 1. The number of ether oxygens (including phenoxy) is 1. The molecule has 0 atom stereocenters. The van der Waals surface area contributed by atoms with Crippen molar-refractivity contribution >= 4 is 17.6 Å². The maximum absolute atomic E-state index is 6.02. The quantitative estimate of drug-likeness (QED) is 0.845. The third-order valence-electron chi connectivity index (χ3n) is 2.92. The van der Waals surface area contributed by atoms with E-state index in [0.717, 1.165) is 11.3 Å². The van der Waals surface area contributed by atoms with Crippen molar-refractivity contribution in [3.05, 3.63) is 34.6 Å². The molecule has 1 heterocycles. The molecule has 0 amide bonds. The summed E-state index contributed by atoms with van der Waals surface area (Å²) in [4.78, 5) is 6.23. The number of rotatable bonds is 5. The molecule has 2 rings (SSSR count). The van der Waals surface area contributed by atoms with Gasteiger partial charge in [-0.3, -0.25) is 0 Å². The summed E-state index contributed by atoms with van der Waals surface area (Å²) in [6.45, 7) is 4.62. The summed E-state index contributed by atoms with van der Waals surface area (Å²) in [5.41, 5.74) is 0.965. The first kappa shape index (κ1) is 14.7. The number of benzene rings is 1. The molecule has 108 valence electrons. The van der Waals surface area contributed by atoms with Crippen LogP contribution in [0.15, 0.2) is 22.7 Å². The summed E-state index contributed by atoms with van der Waals surface area (Å²) >= 11 is 6.02. The fraction of sp³-hybridized carbons (Fsp3) is 0.429. The van der Waals surface area contributed by atoms with Gasteiger partial charge < -0.3 is 14.2 Å². The number of hydrogen-bond donors (Lipinski definition) is 0. The number of nitrogens with zero attached hydrogens (tertiary/aromatic N) is 3. The lowest BCUT2D eigenvalue weighted by Gasteiger charge is -2.16. The summed E-state index contributed by atoms with van der Waals surface area (Å²) in [5.74, 6) is 1.72. The van der Waals surface area contributed by atoms with E-state index in [4.69, 9.17) is 20.9 Å². The average molecular weight is 296 g/mol. The number of anilines is 1. The van der Waals surface area contributed by atoms with Crippen LogP contribution in [0.5, 0.6) is 5.75 Å². The van der Waals surface area contributed by atoms with Crippen molar-refractivity contribution in [2.45, 2.75) is 26.3 Å². The molecule has 0 unspecified atom stereocenters. The Morgan fingerprint density at radius 1 is 1.40 bits per heavy atom. The van der Waals surface area contributed by atoms with Crippen LogP contribution in [-0.4, -0.2) is 24.3 Å². The Hall–Kier alpha value is -1.75. The van der Waals surface area contributed by atoms with Crippen LogP contribution in [0.1, 0.15) is 31.2 Å². The van der Waals surface area contributed by atoms with Gasteiger partial charge in [0.1, 0.15) is 5.75 Å². The maximum Gasteiger partial charge on any atom is 0.324 e. The highest BCUT2D eigenvalue weighted by atomic mass is 35.5. The Morgan fingerprint density at radius 2 is 2.15 bits per heavy atom. The van der Waals surface area contributed by atoms with Crippen LogP contribution in [0, 0.1) is 0 Å². The van der Waals surface area contributed by atoms with Crippen molar-refractivity contribution in [3.8, 4) is 5.75 Å². The molecule has 1 aromatic carbocycles. The van der Waals surface area contributed by atoms with E-state index in [1.165, 1.54) is 0 Å². The van der Waals surface area contributed by atoms with Gasteiger partial charge in [-0.05, 0) is 18.2 Å². The molecule has 0 aliphatic heterocycles. The fourth-order valence-corrected chi connectivity index (χ4v) is 2.00. The lowest BCUT2D eigenvalue weighted by Crippen LogP contribution is -2.17. The lowest BCUT2D eigenvalue weighted by atomic mass is 10.2. The second-order valence-corrected chi connectivity index (χ2v) is 5.34. The van der Waals surface area contributed by atoms with Crippen LogP contribution >= 0.6 is 11.6 Å². The molecule has 0 saturated carbocycles. The molecule has 0 spiro atoms. The first-order valence-corrected chi connectivity index (χ1v) is 6.76. The molecule has 0 N–H and O–H groups in total. The minimum Gasteiger partial charge on any atom is -0.496 e. The molecule has 0 aliphatic rings. The van der Waals surface area contributed by atoms with Gasteiger partial charge in [-0.1, -0.05) is 30.6 Å². The number of aromatic nitrogens is 2. The lowest BCUT2D eigenvalue weighted by molar-refractivity contribution is 0.400. The van der Waals surface area contributed by atoms with Gasteiger partial charge in [-0.25, -0.2) is 0 Å². The average Bonchev–Trinajstić information content (AvgIpc) is 2.89. The highest BCUT2D eigenvalue weighted by Gasteiger charge is 2.15. The van der Waals surface area contributed by atoms with Gasteiger partial charge in [0.25, 0.3) is 0 Å². The molecule has 0 radical (unpaired) electrons. The molecule has 20 heavy (non-hydrogen) atoms. The van der Waals surface area contributed by atoms with Crippen molar-refractivity contribution in [3.63, 3.8) is 0 Å². The summed E-state index contributed by atoms with van der Waals surface area (Å²) in [7, 11) is 3.52. The molecule has 5 nitrogen and oxygen atoms in total. The molecule has 0 bridgehead atoms. The van der Waals surface area contributed by atoms with Gasteiger partial charge in [-0.2, -0.15) is 4.98 Å². The summed E-state index contributed by atoms with van der Waals surface area (Å²) in [6, 6.07) is 6.00. The van der Waals surface area contributed by atoms with E-state index in [1.807, 2.05) is 37.9 Å². The minimum absolute atomic E-state index is 0.238. The molecule has 2 aromatic rings. The van der Waals surface area contributed by atoms with Crippen LogP contribution < -0.4 is 9.64 Å². The second-order valence-electron chi connectivity index (χ2n) is 4.90. The predicted molar refractivity (Wildman–Crippen MR) is 78.5 cm³/mol. The zero-order valence-electron chi connectivity index (χ0n) is 12.1. The highest BCUT2D eigenvalue weighted by Crippen LogP contribution is 2.25. The molecular weight excluding hydrogens is 278 g/mol. The highest BCUT2D eigenvalue weighted by molar-refractivity contribution is 6.30. The first-order valence-electron chi connectivity index (χ1n) is 6.38. The molecule has 0 saturated heterocycles. The van der Waals surface area contributed by atoms with Gasteiger partial charge in [0, 0.05) is 23.6 Å². The van der Waals surface area contributed by atoms with Gasteiger partial charge in [0.15, 0.2) is 5.82 Å². The van der Waals surface area contributed by atoms with Crippen LogP contribution in [0.2, 0.25) is 5.02 Å². The Morgan fingerprint density at radius 3 is 2.75 bits per heavy atom. The third-order valence-corrected chi connectivity index (χ3v) is 3.16. The normalized spacial score (nSPS) is 10.9. The predicted octanol–water partition coefficient (Wildman–Crippen LogP) is 3.49. The minimum atomic E-state index is 0.238. The molecule has 1 aromatic heterocycles. The van der Waals surface area contributed by atoms with E-state index in [2.05, 4.69) is 10.1 Å². The third kappa shape index (κ3) is 3.22. The van der Waals surface area contributed by atoms with Gasteiger partial charge in [0.05, 0.1) is 13.7 Å². The van der Waals surface area contributed by atoms with Gasteiger partial charge in [0.2, 0.25) is 0 Å². The fourth-order valence-electron chi connectivity index (χ4n) is 1.81. The smallest absolute Gasteiger partial charge is 0.324 e. The van der Waals surface area contributed by atoms with E-state index >= 15 is 0 Å². The zero-order valence-corrected chi connectivity index (χ0v) is 12.8. The molecule has 0 fully saturated rings. The van der Waals surface area contributed by atoms with E-state index in [-0.39, 0.29) is 5.92 Å². The SMILES string of the molecule is COc1ccc(Cl)cc1CN(C)c1nc(C(C)C)no1. The maximum atomic E-state index is 6.02. The number of halogens is 1. The van der Waals surface area contributed by atoms with Crippen molar-refractivity contribution < 1.29 is 9.26 Å².